The summed E-state index contributed by atoms with van der Waals surface area (Å²) in [4.78, 5) is 28.8. The van der Waals surface area contributed by atoms with Gasteiger partial charge in [0.15, 0.2) is 18.1 Å². The number of nitrogens with zero attached hydrogens (tertiary/aromatic N) is 4. The minimum Gasteiger partial charge on any atom is -0.539 e. The van der Waals surface area contributed by atoms with Gasteiger partial charge in [0.1, 0.15) is 18.4 Å². The van der Waals surface area contributed by atoms with Crippen LogP contribution in [-0.2, 0) is 23.2 Å². The summed E-state index contributed by atoms with van der Waals surface area (Å²) in [6, 6.07) is 13.1. The van der Waals surface area contributed by atoms with E-state index in [1.54, 1.807) is 30.3 Å². The minimum absolute atomic E-state index is 0.0682. The van der Waals surface area contributed by atoms with Crippen LogP contribution in [0.5, 0.6) is 5.95 Å². The first-order valence-corrected chi connectivity index (χ1v) is 10.0. The van der Waals surface area contributed by atoms with Gasteiger partial charge in [-0.1, -0.05) is 22.9 Å². The van der Waals surface area contributed by atoms with E-state index in [0.717, 1.165) is 0 Å². The summed E-state index contributed by atoms with van der Waals surface area (Å²) in [5, 5.41) is 18.4. The highest BCUT2D eigenvalue weighted by Crippen LogP contribution is 2.29. The van der Waals surface area contributed by atoms with E-state index in [4.69, 9.17) is 12.2 Å². The molecule has 164 valence electrons. The summed E-state index contributed by atoms with van der Waals surface area (Å²) in [6.45, 7) is -0.0682. The molecule has 2 heterocycles. The number of carbonyl (C=O) groups excluding carboxylic acids is 2. The van der Waals surface area contributed by atoms with Crippen molar-refractivity contribution < 1.29 is 28.3 Å². The third-order valence-electron chi connectivity index (χ3n) is 5.03. The quantitative estimate of drug-likeness (QED) is 0.440. The van der Waals surface area contributed by atoms with Gasteiger partial charge in [-0.3, -0.25) is 14.5 Å². The Balaban J connectivity index is 1.61. The summed E-state index contributed by atoms with van der Waals surface area (Å²) in [5.74, 6) is -1.95. The first kappa shape index (κ1) is 21.4. The number of aryl methyl sites for hydroxylation is 1. The molecule has 1 fully saturated rings. The predicted octanol–water partition coefficient (Wildman–Crippen LogP) is 1.24. The molecule has 0 spiro atoms. The molecule has 0 bridgehead atoms. The van der Waals surface area contributed by atoms with E-state index in [-0.39, 0.29) is 23.8 Å². The Morgan fingerprint density at radius 2 is 1.94 bits per heavy atom. The monoisotopic (exact) mass is 455 g/mol. The van der Waals surface area contributed by atoms with Crippen LogP contribution >= 0.6 is 12.2 Å². The largest absolute Gasteiger partial charge is 0.539 e. The molecule has 0 radical (unpaired) electrons. The molecular weight excluding hydrogens is 437 g/mol. The van der Waals surface area contributed by atoms with E-state index in [1.165, 1.54) is 45.8 Å². The van der Waals surface area contributed by atoms with Crippen molar-refractivity contribution in [2.45, 2.75) is 19.0 Å². The van der Waals surface area contributed by atoms with Crippen LogP contribution in [0.2, 0.25) is 0 Å². The molecule has 11 heteroatoms. The fourth-order valence-electron chi connectivity index (χ4n) is 3.41. The standard InChI is InChI=1S/C21H18FN5O4S/c1-25-17(20(30)31-24-25)12-26-16(11-18(28)23-14-9-7-13(22)8-10-14)19(29)27(21(26)32)15-5-3-2-4-6-15/h2-10,16H,11-12H2,1H3,(H-,23,24,28,30). The normalized spacial score (nSPS) is 16.0. The molecule has 1 saturated heterocycles. The zero-order valence-electron chi connectivity index (χ0n) is 16.9. The smallest absolute Gasteiger partial charge is 0.256 e. The number of aromatic nitrogens is 2. The van der Waals surface area contributed by atoms with Crippen molar-refractivity contribution in [3.63, 3.8) is 0 Å². The molecule has 1 atom stereocenters. The van der Waals surface area contributed by atoms with Gasteiger partial charge in [-0.2, -0.15) is 0 Å². The third kappa shape index (κ3) is 4.14. The van der Waals surface area contributed by atoms with Crippen LogP contribution in [0.3, 0.4) is 0 Å². The molecule has 0 saturated carbocycles. The number of thiocarbonyl (C=S) groups is 1. The van der Waals surface area contributed by atoms with Gasteiger partial charge in [0, 0.05) is 5.69 Å². The molecule has 32 heavy (non-hydrogen) atoms. The average Bonchev–Trinajstić information content (AvgIpc) is 3.21. The Morgan fingerprint density at radius 1 is 1.25 bits per heavy atom. The first-order chi connectivity index (χ1) is 15.3. The summed E-state index contributed by atoms with van der Waals surface area (Å²) in [5.41, 5.74) is 1.12. The maximum atomic E-state index is 13.3. The maximum absolute atomic E-state index is 13.3. The lowest BCUT2D eigenvalue weighted by atomic mass is 10.1. The molecule has 3 aromatic rings. The number of carbonyl (C=O) groups is 2. The Kier molecular flexibility index (Phi) is 5.82. The van der Waals surface area contributed by atoms with Crippen molar-refractivity contribution in [1.82, 2.24) is 10.2 Å². The summed E-state index contributed by atoms with van der Waals surface area (Å²) in [7, 11) is 1.53. The van der Waals surface area contributed by atoms with E-state index >= 15 is 0 Å². The van der Waals surface area contributed by atoms with Crippen molar-refractivity contribution in [1.29, 1.82) is 0 Å². The highest BCUT2D eigenvalue weighted by atomic mass is 32.1. The average molecular weight is 455 g/mol. The van der Waals surface area contributed by atoms with E-state index < -0.39 is 29.6 Å². The van der Waals surface area contributed by atoms with E-state index in [1.807, 2.05) is 0 Å². The molecule has 1 aromatic heterocycles. The Morgan fingerprint density at radius 3 is 2.56 bits per heavy atom. The van der Waals surface area contributed by atoms with Gasteiger partial charge in [0.05, 0.1) is 17.4 Å². The lowest BCUT2D eigenvalue weighted by molar-refractivity contribution is -0.746. The topological polar surface area (TPSA) is 106 Å². The van der Waals surface area contributed by atoms with E-state index in [0.29, 0.717) is 11.4 Å². The number of nitrogens with one attached hydrogen (secondary N) is 1. The van der Waals surface area contributed by atoms with Crippen molar-refractivity contribution in [3.8, 4) is 5.95 Å². The van der Waals surface area contributed by atoms with Gasteiger partial charge in [-0.15, -0.1) is 0 Å². The lowest BCUT2D eigenvalue weighted by Crippen LogP contribution is -2.42. The third-order valence-corrected chi connectivity index (χ3v) is 5.45. The molecule has 2 aromatic carbocycles. The lowest BCUT2D eigenvalue weighted by Gasteiger charge is -2.22. The van der Waals surface area contributed by atoms with Gasteiger partial charge in [0.2, 0.25) is 5.91 Å². The number of rotatable bonds is 6. The molecule has 9 nitrogen and oxygen atoms in total. The fraction of sp³-hybridized carbons (Fsp3) is 0.190. The van der Waals surface area contributed by atoms with Crippen LogP contribution in [-0.4, -0.2) is 33.1 Å². The van der Waals surface area contributed by atoms with Crippen LogP contribution in [0.25, 0.3) is 0 Å². The molecule has 1 aliphatic heterocycles. The van der Waals surface area contributed by atoms with Gasteiger partial charge in [-0.05, 0) is 48.6 Å². The number of benzene rings is 2. The number of amides is 2. The van der Waals surface area contributed by atoms with Crippen LogP contribution in [0.1, 0.15) is 12.1 Å². The number of halogens is 1. The molecule has 0 aliphatic carbocycles. The van der Waals surface area contributed by atoms with Crippen LogP contribution in [0.15, 0.2) is 59.1 Å². The molecule has 4 rings (SSSR count). The van der Waals surface area contributed by atoms with E-state index in [2.05, 4.69) is 15.1 Å². The minimum atomic E-state index is -0.961. The molecule has 1 aliphatic rings. The molecular formula is C21H18FN5O4S. The second-order valence-corrected chi connectivity index (χ2v) is 7.49. The highest BCUT2D eigenvalue weighted by molar-refractivity contribution is 7.80. The molecule has 2 amide bonds. The zero-order valence-corrected chi connectivity index (χ0v) is 17.7. The summed E-state index contributed by atoms with van der Waals surface area (Å²) >= 11 is 5.55. The van der Waals surface area contributed by atoms with Crippen molar-refractivity contribution in [2.24, 2.45) is 7.05 Å². The summed E-state index contributed by atoms with van der Waals surface area (Å²) in [6.07, 6.45) is -0.233. The van der Waals surface area contributed by atoms with E-state index in [9.17, 15) is 19.1 Å². The van der Waals surface area contributed by atoms with Crippen LogP contribution in [0, 0.1) is 5.82 Å². The maximum Gasteiger partial charge on any atom is 0.256 e. The van der Waals surface area contributed by atoms with Crippen molar-refractivity contribution in [2.75, 3.05) is 10.2 Å². The van der Waals surface area contributed by atoms with Crippen LogP contribution < -0.4 is 20.0 Å². The van der Waals surface area contributed by atoms with Gasteiger partial charge < -0.3 is 19.8 Å². The molecule has 1 N–H and O–H groups in total. The predicted molar refractivity (Wildman–Crippen MR) is 113 cm³/mol. The fourth-order valence-corrected chi connectivity index (χ4v) is 3.80. The van der Waals surface area contributed by atoms with Gasteiger partial charge in [0.25, 0.3) is 11.6 Å². The first-order valence-electron chi connectivity index (χ1n) is 9.62. The number of hydrogen-bond donors (Lipinski definition) is 1. The number of anilines is 2. The van der Waals surface area contributed by atoms with Crippen molar-refractivity contribution >= 4 is 40.5 Å². The second-order valence-electron chi connectivity index (χ2n) is 7.13. The Bertz CT molecular complexity index is 1150. The van der Waals surface area contributed by atoms with Crippen LogP contribution in [0.4, 0.5) is 15.8 Å². The zero-order chi connectivity index (χ0) is 22.8. The Hall–Kier alpha value is -3.86. The summed E-state index contributed by atoms with van der Waals surface area (Å²) < 4.78 is 19.0. The van der Waals surface area contributed by atoms with Crippen molar-refractivity contribution in [3.05, 3.63) is 66.1 Å². The highest BCUT2D eigenvalue weighted by Gasteiger charge is 2.45. The Labute approximate surface area is 187 Å². The number of hydrogen-bond acceptors (Lipinski definition) is 6. The SMILES string of the molecule is C[n+]1noc([O-])c1CN1C(=S)N(c2ccccc2)C(=O)C1CC(=O)Nc1ccc(F)cc1. The van der Waals surface area contributed by atoms with Gasteiger partial charge >= 0.3 is 0 Å². The number of para-hydroxylation sites is 1. The second kappa shape index (κ2) is 8.71. The van der Waals surface area contributed by atoms with Gasteiger partial charge in [-0.25, -0.2) is 4.39 Å². The molecule has 1 unspecified atom stereocenters.